The average Bonchev–Trinajstić information content (AvgIpc) is 3.23. The van der Waals surface area contributed by atoms with E-state index in [1.807, 2.05) is 53.2 Å². The Morgan fingerprint density at radius 3 is 2.45 bits per heavy atom. The first-order valence-corrected chi connectivity index (χ1v) is 10.3. The molecule has 2 heterocycles. The van der Waals surface area contributed by atoms with E-state index in [9.17, 15) is 9.59 Å². The summed E-state index contributed by atoms with van der Waals surface area (Å²) in [6.45, 7) is 5.91. The molecule has 0 spiro atoms. The molecule has 1 unspecified atom stereocenters. The summed E-state index contributed by atoms with van der Waals surface area (Å²) in [5.41, 5.74) is 4.27. The maximum atomic E-state index is 12.8. The number of hydrogen-bond donors (Lipinski definition) is 2. The van der Waals surface area contributed by atoms with E-state index in [0.29, 0.717) is 11.4 Å². The van der Waals surface area contributed by atoms with Crippen LogP contribution in [0.15, 0.2) is 66.9 Å². The monoisotopic (exact) mass is 418 g/mol. The Morgan fingerprint density at radius 2 is 1.77 bits per heavy atom. The largest absolute Gasteiger partial charge is 0.363 e. The second-order valence-corrected chi connectivity index (χ2v) is 8.43. The Hall–Kier alpha value is -3.61. The number of amides is 1. The standard InChI is InChI=1S/C24H26N4O3/c1-16(17-10-6-4-7-11-17)23(30)31-27-22(29)19-15-25-28-21(19)26-20(14-24(28,2)3)18-12-8-5-9-13-18/h4-13,15-16,20,26H,14H2,1-3H3,(H,27,29)/t16-,20?/m0/s1. The molecule has 1 aliphatic rings. The molecule has 0 saturated carbocycles. The summed E-state index contributed by atoms with van der Waals surface area (Å²) in [4.78, 5) is 30.3. The van der Waals surface area contributed by atoms with Crippen molar-refractivity contribution < 1.29 is 14.4 Å². The fraction of sp³-hybridized carbons (Fsp3) is 0.292. The molecule has 0 radical (unpaired) electrons. The molecule has 3 aromatic rings. The van der Waals surface area contributed by atoms with E-state index in [1.165, 1.54) is 6.20 Å². The molecule has 1 aromatic heterocycles. The van der Waals surface area contributed by atoms with Crippen molar-refractivity contribution in [3.63, 3.8) is 0 Å². The number of nitrogens with one attached hydrogen (secondary N) is 2. The van der Waals surface area contributed by atoms with Gasteiger partial charge in [0.1, 0.15) is 11.4 Å². The van der Waals surface area contributed by atoms with Crippen LogP contribution >= 0.6 is 0 Å². The molecule has 7 heteroatoms. The highest BCUT2D eigenvalue weighted by atomic mass is 16.7. The predicted octanol–water partition coefficient (Wildman–Crippen LogP) is 4.17. The van der Waals surface area contributed by atoms with Crippen LogP contribution in [0.1, 0.15) is 60.6 Å². The van der Waals surface area contributed by atoms with Crippen LogP contribution in [0.25, 0.3) is 0 Å². The third-order valence-electron chi connectivity index (χ3n) is 5.70. The van der Waals surface area contributed by atoms with Crippen LogP contribution in [0.5, 0.6) is 0 Å². The van der Waals surface area contributed by atoms with Gasteiger partial charge in [0.25, 0.3) is 5.91 Å². The van der Waals surface area contributed by atoms with Crippen LogP contribution in [0.3, 0.4) is 0 Å². The topological polar surface area (TPSA) is 85.2 Å². The smallest absolute Gasteiger partial charge is 0.339 e. The van der Waals surface area contributed by atoms with Gasteiger partial charge in [-0.15, -0.1) is 0 Å². The number of carbonyl (C=O) groups is 2. The molecule has 2 N–H and O–H groups in total. The minimum absolute atomic E-state index is 0.0348. The number of anilines is 1. The van der Waals surface area contributed by atoms with Gasteiger partial charge >= 0.3 is 5.97 Å². The second kappa shape index (κ2) is 8.26. The summed E-state index contributed by atoms with van der Waals surface area (Å²) in [7, 11) is 0. The zero-order chi connectivity index (χ0) is 22.0. The molecule has 0 aliphatic carbocycles. The Labute approximate surface area is 181 Å². The van der Waals surface area contributed by atoms with Gasteiger partial charge < -0.3 is 10.2 Å². The summed E-state index contributed by atoms with van der Waals surface area (Å²) in [6.07, 6.45) is 2.32. The first kappa shape index (κ1) is 20.7. The second-order valence-electron chi connectivity index (χ2n) is 8.43. The fourth-order valence-corrected chi connectivity index (χ4v) is 3.92. The fourth-order valence-electron chi connectivity index (χ4n) is 3.92. The Morgan fingerprint density at radius 1 is 1.13 bits per heavy atom. The van der Waals surface area contributed by atoms with Crippen LogP contribution in [0.4, 0.5) is 5.82 Å². The molecule has 0 saturated heterocycles. The van der Waals surface area contributed by atoms with Crippen molar-refractivity contribution >= 4 is 17.7 Å². The van der Waals surface area contributed by atoms with E-state index in [1.54, 1.807) is 6.92 Å². The number of hydroxylamine groups is 1. The maximum Gasteiger partial charge on any atom is 0.339 e. The third kappa shape index (κ3) is 4.17. The number of aromatic nitrogens is 2. The Balaban J connectivity index is 1.49. The molecule has 2 aromatic carbocycles. The van der Waals surface area contributed by atoms with Gasteiger partial charge in [-0.1, -0.05) is 60.7 Å². The van der Waals surface area contributed by atoms with Crippen LogP contribution in [-0.2, 0) is 15.2 Å². The van der Waals surface area contributed by atoms with Gasteiger partial charge in [0.2, 0.25) is 0 Å². The lowest BCUT2D eigenvalue weighted by Gasteiger charge is -2.38. The molecule has 4 rings (SSSR count). The first-order valence-electron chi connectivity index (χ1n) is 10.3. The molecule has 0 fully saturated rings. The minimum Gasteiger partial charge on any atom is -0.363 e. The molecular weight excluding hydrogens is 392 g/mol. The van der Waals surface area contributed by atoms with Gasteiger partial charge in [0.15, 0.2) is 0 Å². The zero-order valence-corrected chi connectivity index (χ0v) is 17.8. The lowest BCUT2D eigenvalue weighted by atomic mass is 9.89. The number of nitrogens with zero attached hydrogens (tertiary/aromatic N) is 2. The maximum absolute atomic E-state index is 12.8. The molecule has 1 amide bonds. The number of fused-ring (bicyclic) bond motifs is 1. The summed E-state index contributed by atoms with van der Waals surface area (Å²) in [5.74, 6) is -0.945. The number of rotatable bonds is 4. The van der Waals surface area contributed by atoms with Crippen LogP contribution < -0.4 is 10.8 Å². The van der Waals surface area contributed by atoms with Crippen molar-refractivity contribution in [3.05, 3.63) is 83.6 Å². The van der Waals surface area contributed by atoms with E-state index in [4.69, 9.17) is 4.84 Å². The van der Waals surface area contributed by atoms with Crippen molar-refractivity contribution in [2.75, 3.05) is 5.32 Å². The van der Waals surface area contributed by atoms with Gasteiger partial charge in [-0.3, -0.25) is 4.79 Å². The summed E-state index contributed by atoms with van der Waals surface area (Å²) in [5, 5.41) is 7.86. The lowest BCUT2D eigenvalue weighted by Crippen LogP contribution is -2.38. The highest BCUT2D eigenvalue weighted by Crippen LogP contribution is 2.39. The molecular formula is C24H26N4O3. The zero-order valence-electron chi connectivity index (χ0n) is 17.8. The van der Waals surface area contributed by atoms with Crippen LogP contribution in [0.2, 0.25) is 0 Å². The van der Waals surface area contributed by atoms with Crippen molar-refractivity contribution in [3.8, 4) is 0 Å². The normalized spacial score (nSPS) is 17.7. The first-order chi connectivity index (χ1) is 14.9. The molecule has 2 atom stereocenters. The molecule has 31 heavy (non-hydrogen) atoms. The Kier molecular flexibility index (Phi) is 5.50. The predicted molar refractivity (Wildman–Crippen MR) is 117 cm³/mol. The summed E-state index contributed by atoms with van der Waals surface area (Å²) < 4.78 is 1.82. The number of carbonyl (C=O) groups excluding carboxylic acids is 2. The van der Waals surface area contributed by atoms with Crippen molar-refractivity contribution in [2.24, 2.45) is 0 Å². The third-order valence-corrected chi connectivity index (χ3v) is 5.70. The van der Waals surface area contributed by atoms with Crippen LogP contribution in [-0.4, -0.2) is 21.7 Å². The van der Waals surface area contributed by atoms with Gasteiger partial charge in [-0.2, -0.15) is 10.6 Å². The number of hydrogen-bond acceptors (Lipinski definition) is 5. The molecule has 1 aliphatic heterocycles. The summed E-state index contributed by atoms with van der Waals surface area (Å²) >= 11 is 0. The van der Waals surface area contributed by atoms with Crippen LogP contribution in [0, 0.1) is 0 Å². The molecule has 160 valence electrons. The van der Waals surface area contributed by atoms with E-state index in [2.05, 4.69) is 41.9 Å². The van der Waals surface area contributed by atoms with Crippen molar-refractivity contribution in [1.82, 2.24) is 15.3 Å². The Bertz CT molecular complexity index is 1080. The quantitative estimate of drug-likeness (QED) is 0.621. The van der Waals surface area contributed by atoms with Gasteiger partial charge in [-0.25, -0.2) is 9.48 Å². The van der Waals surface area contributed by atoms with E-state index >= 15 is 0 Å². The highest BCUT2D eigenvalue weighted by molar-refractivity contribution is 5.99. The van der Waals surface area contributed by atoms with E-state index in [0.717, 1.165) is 17.5 Å². The number of benzene rings is 2. The minimum atomic E-state index is -0.531. The SMILES string of the molecule is C[C@H](C(=O)ONC(=O)c1cnn2c1NC(c1ccccc1)CC2(C)C)c1ccccc1. The average molecular weight is 418 g/mol. The van der Waals surface area contributed by atoms with Crippen molar-refractivity contribution in [2.45, 2.75) is 44.7 Å². The van der Waals surface area contributed by atoms with E-state index < -0.39 is 17.8 Å². The summed E-state index contributed by atoms with van der Waals surface area (Å²) in [6, 6.07) is 19.4. The molecule has 0 bridgehead atoms. The van der Waals surface area contributed by atoms with Gasteiger partial charge in [-0.05, 0) is 38.3 Å². The van der Waals surface area contributed by atoms with Gasteiger partial charge in [0, 0.05) is 0 Å². The van der Waals surface area contributed by atoms with Gasteiger partial charge in [0.05, 0.1) is 23.7 Å². The molecule has 7 nitrogen and oxygen atoms in total. The van der Waals surface area contributed by atoms with Crippen molar-refractivity contribution in [1.29, 1.82) is 0 Å². The lowest BCUT2D eigenvalue weighted by molar-refractivity contribution is -0.150. The highest BCUT2D eigenvalue weighted by Gasteiger charge is 2.36. The van der Waals surface area contributed by atoms with E-state index in [-0.39, 0.29) is 11.6 Å².